The van der Waals surface area contributed by atoms with Crippen molar-refractivity contribution in [1.29, 1.82) is 0 Å². The van der Waals surface area contributed by atoms with Crippen LogP contribution < -0.4 is 11.2 Å². The molecule has 1 unspecified atom stereocenters. The molecule has 0 fully saturated rings. The maximum atomic E-state index is 13.3. The van der Waals surface area contributed by atoms with E-state index >= 15 is 0 Å². The fourth-order valence-corrected chi connectivity index (χ4v) is 5.59. The molecule has 230 valence electrons. The second-order valence-corrected chi connectivity index (χ2v) is 10.8. The van der Waals surface area contributed by atoms with E-state index in [1.54, 1.807) is 12.1 Å². The van der Waals surface area contributed by atoms with E-state index in [2.05, 4.69) is 5.32 Å². The number of methoxy groups -OCH3 is 1. The van der Waals surface area contributed by atoms with E-state index < -0.39 is 36.2 Å². The van der Waals surface area contributed by atoms with Gasteiger partial charge in [0, 0.05) is 18.0 Å². The Bertz CT molecular complexity index is 1730. The van der Waals surface area contributed by atoms with Crippen LogP contribution in [0.4, 0.5) is 0 Å². The second kappa shape index (κ2) is 13.6. The topological polar surface area (TPSA) is 148 Å². The van der Waals surface area contributed by atoms with Crippen LogP contribution in [0.1, 0.15) is 49.7 Å². The number of rotatable bonds is 10. The number of nitrogens with one attached hydrogen (secondary N) is 1. The molecule has 0 spiro atoms. The van der Waals surface area contributed by atoms with E-state index in [-0.39, 0.29) is 41.0 Å². The van der Waals surface area contributed by atoms with Gasteiger partial charge in [0.25, 0.3) is 11.8 Å². The third kappa shape index (κ3) is 6.82. The molecule has 1 atom stereocenters. The molecule has 0 saturated carbocycles. The zero-order valence-corrected chi connectivity index (χ0v) is 25.0. The summed E-state index contributed by atoms with van der Waals surface area (Å²) in [5.74, 6) is 2.95. The SMILES string of the molecule is COC(=O)C(CC(=O)OCC1c2ccccc2-c2ccccc21)N(N)C(=O)c1ccc(C(=O)NCc2cccc(O)c2)cc1Cl. The van der Waals surface area contributed by atoms with Crippen LogP contribution in [0, 0.1) is 0 Å². The summed E-state index contributed by atoms with van der Waals surface area (Å²) in [4.78, 5) is 51.6. The average Bonchev–Trinajstić information content (AvgIpc) is 3.37. The quantitative estimate of drug-likeness (QED) is 0.100. The van der Waals surface area contributed by atoms with Crippen LogP contribution in [0.5, 0.6) is 5.75 Å². The summed E-state index contributed by atoms with van der Waals surface area (Å²) in [7, 11) is 1.11. The van der Waals surface area contributed by atoms with Gasteiger partial charge in [-0.2, -0.15) is 0 Å². The van der Waals surface area contributed by atoms with E-state index in [1.165, 1.54) is 30.3 Å². The number of aromatic hydroxyl groups is 1. The molecule has 10 nitrogen and oxygen atoms in total. The van der Waals surface area contributed by atoms with E-state index in [1.807, 2.05) is 48.5 Å². The molecule has 45 heavy (non-hydrogen) atoms. The van der Waals surface area contributed by atoms with Crippen molar-refractivity contribution >= 4 is 35.4 Å². The summed E-state index contributed by atoms with van der Waals surface area (Å²) in [6, 6.07) is 24.7. The fraction of sp³-hybridized carbons (Fsp3) is 0.176. The first kappa shape index (κ1) is 31.2. The zero-order chi connectivity index (χ0) is 32.1. The number of carbonyl (C=O) groups is 4. The molecule has 2 amide bonds. The van der Waals surface area contributed by atoms with Crippen LogP contribution in [-0.2, 0) is 25.6 Å². The number of fused-ring (bicyclic) bond motifs is 3. The molecule has 0 radical (unpaired) electrons. The van der Waals surface area contributed by atoms with Crippen molar-refractivity contribution in [3.8, 4) is 16.9 Å². The Balaban J connectivity index is 1.24. The number of phenolic OH excluding ortho intramolecular Hbond substituents is 1. The lowest BCUT2D eigenvalue weighted by atomic mass is 9.98. The van der Waals surface area contributed by atoms with E-state index in [4.69, 9.17) is 26.9 Å². The Morgan fingerprint density at radius 2 is 1.60 bits per heavy atom. The minimum Gasteiger partial charge on any atom is -0.508 e. The standard InChI is InChI=1S/C34H30ClN3O7/c1-44-34(43)30(17-31(40)45-19-28-25-11-4-2-9-23(25)24-10-3-5-12-26(24)28)38(36)33(42)27-14-13-21(16-29(27)35)32(41)37-18-20-7-6-8-22(39)15-20/h2-16,28,30,39H,17-19,36H2,1H3,(H,37,41). The fourth-order valence-electron chi connectivity index (χ4n) is 5.32. The van der Waals surface area contributed by atoms with Crippen LogP contribution in [0.3, 0.4) is 0 Å². The van der Waals surface area contributed by atoms with Crippen LogP contribution in [0.25, 0.3) is 11.1 Å². The molecule has 5 rings (SSSR count). The van der Waals surface area contributed by atoms with Gasteiger partial charge in [-0.1, -0.05) is 72.3 Å². The number of amides is 2. The molecule has 1 aliphatic carbocycles. The maximum absolute atomic E-state index is 13.3. The van der Waals surface area contributed by atoms with Gasteiger partial charge in [0.05, 0.1) is 24.1 Å². The van der Waals surface area contributed by atoms with Crippen molar-refractivity contribution < 1.29 is 33.8 Å². The molecule has 4 N–H and O–H groups in total. The number of hydrogen-bond donors (Lipinski definition) is 3. The highest BCUT2D eigenvalue weighted by molar-refractivity contribution is 6.34. The number of esters is 2. The Morgan fingerprint density at radius 3 is 2.22 bits per heavy atom. The smallest absolute Gasteiger partial charge is 0.330 e. The monoisotopic (exact) mass is 627 g/mol. The van der Waals surface area contributed by atoms with Crippen molar-refractivity contribution in [2.45, 2.75) is 24.9 Å². The average molecular weight is 628 g/mol. The van der Waals surface area contributed by atoms with Crippen LogP contribution >= 0.6 is 11.6 Å². The largest absolute Gasteiger partial charge is 0.508 e. The van der Waals surface area contributed by atoms with E-state index in [9.17, 15) is 24.3 Å². The molecule has 0 aliphatic heterocycles. The summed E-state index contributed by atoms with van der Waals surface area (Å²) < 4.78 is 10.4. The predicted molar refractivity (Wildman–Crippen MR) is 166 cm³/mol. The Hall–Kier alpha value is -5.19. The number of halogens is 1. The summed E-state index contributed by atoms with van der Waals surface area (Å²) in [6.07, 6.45) is -0.557. The lowest BCUT2D eigenvalue weighted by molar-refractivity contribution is -0.154. The third-order valence-electron chi connectivity index (χ3n) is 7.60. The lowest BCUT2D eigenvalue weighted by Gasteiger charge is -2.25. The Labute approximate surface area is 264 Å². The summed E-state index contributed by atoms with van der Waals surface area (Å²) in [5.41, 5.74) is 4.95. The first-order valence-corrected chi connectivity index (χ1v) is 14.4. The number of nitrogens with zero attached hydrogens (tertiary/aromatic N) is 1. The van der Waals surface area contributed by atoms with Gasteiger partial charge in [-0.05, 0) is 58.1 Å². The van der Waals surface area contributed by atoms with Crippen molar-refractivity contribution in [2.75, 3.05) is 13.7 Å². The molecule has 1 aliphatic rings. The van der Waals surface area contributed by atoms with Crippen molar-refractivity contribution in [3.63, 3.8) is 0 Å². The number of hydrogen-bond acceptors (Lipinski definition) is 8. The molecule has 0 bridgehead atoms. The van der Waals surface area contributed by atoms with Gasteiger partial charge < -0.3 is 19.9 Å². The van der Waals surface area contributed by atoms with Gasteiger partial charge in [0.1, 0.15) is 12.4 Å². The number of nitrogens with two attached hydrogens (primary N) is 1. The van der Waals surface area contributed by atoms with E-state index in [0.717, 1.165) is 29.4 Å². The van der Waals surface area contributed by atoms with Crippen molar-refractivity contribution in [2.24, 2.45) is 5.84 Å². The van der Waals surface area contributed by atoms with Gasteiger partial charge in [0.2, 0.25) is 0 Å². The number of benzene rings is 4. The first-order valence-electron chi connectivity index (χ1n) is 14.0. The number of ether oxygens (including phenoxy) is 2. The highest BCUT2D eigenvalue weighted by atomic mass is 35.5. The molecular weight excluding hydrogens is 598 g/mol. The van der Waals surface area contributed by atoms with Crippen molar-refractivity contribution in [3.05, 3.63) is 124 Å². The zero-order valence-electron chi connectivity index (χ0n) is 24.2. The van der Waals surface area contributed by atoms with Gasteiger partial charge in [0.15, 0.2) is 6.04 Å². The second-order valence-electron chi connectivity index (χ2n) is 10.4. The Kier molecular flexibility index (Phi) is 9.46. The van der Waals surface area contributed by atoms with Crippen LogP contribution in [0.2, 0.25) is 5.02 Å². The first-order chi connectivity index (χ1) is 21.7. The molecule has 0 saturated heterocycles. The normalized spacial score (nSPS) is 12.4. The summed E-state index contributed by atoms with van der Waals surface area (Å²) in [5, 5.41) is 12.8. The molecule has 4 aromatic rings. The van der Waals surface area contributed by atoms with Gasteiger partial charge >= 0.3 is 11.9 Å². The van der Waals surface area contributed by atoms with Gasteiger partial charge in [-0.15, -0.1) is 0 Å². The van der Waals surface area contributed by atoms with Crippen LogP contribution in [-0.4, -0.2) is 53.6 Å². The number of carbonyl (C=O) groups excluding carboxylic acids is 4. The molecule has 4 aromatic carbocycles. The maximum Gasteiger partial charge on any atom is 0.330 e. The molecular formula is C34H30ClN3O7. The number of hydrazine groups is 1. The highest BCUT2D eigenvalue weighted by Crippen LogP contribution is 2.44. The Morgan fingerprint density at radius 1 is 0.933 bits per heavy atom. The van der Waals surface area contributed by atoms with Gasteiger partial charge in [-0.3, -0.25) is 19.4 Å². The lowest BCUT2D eigenvalue weighted by Crippen LogP contribution is -2.51. The molecule has 0 aromatic heterocycles. The minimum atomic E-state index is -1.50. The van der Waals surface area contributed by atoms with Gasteiger partial charge in [-0.25, -0.2) is 10.6 Å². The van der Waals surface area contributed by atoms with Crippen molar-refractivity contribution in [1.82, 2.24) is 10.3 Å². The third-order valence-corrected chi connectivity index (χ3v) is 7.92. The number of phenols is 1. The molecule has 0 heterocycles. The van der Waals surface area contributed by atoms with Crippen LogP contribution in [0.15, 0.2) is 91.0 Å². The summed E-state index contributed by atoms with van der Waals surface area (Å²) >= 11 is 6.36. The summed E-state index contributed by atoms with van der Waals surface area (Å²) in [6.45, 7) is 0.179. The predicted octanol–water partition coefficient (Wildman–Crippen LogP) is 4.58. The van der Waals surface area contributed by atoms with E-state index in [0.29, 0.717) is 10.6 Å². The molecule has 11 heteroatoms. The highest BCUT2D eigenvalue weighted by Gasteiger charge is 2.34. The minimum absolute atomic E-state index is 0.0278.